The standard InChI is InChI=1S/C23H15ClO/c24-21-15-20(18-13-7-8-14-19(18)23(21)25)22(16-9-3-1-4-10-16)17-11-5-2-6-12-17/h1-15H. The fraction of sp³-hybridized carbons (Fsp3) is 0. The van der Waals surface area contributed by atoms with Gasteiger partial charge in [0.05, 0.1) is 5.03 Å². The number of rotatable bonds is 2. The number of benzene rings is 3. The van der Waals surface area contributed by atoms with Crippen LogP contribution in [0.5, 0.6) is 0 Å². The summed E-state index contributed by atoms with van der Waals surface area (Å²) in [7, 11) is 0. The van der Waals surface area contributed by atoms with E-state index >= 15 is 0 Å². The van der Waals surface area contributed by atoms with Gasteiger partial charge in [0.25, 0.3) is 0 Å². The van der Waals surface area contributed by atoms with E-state index in [2.05, 4.69) is 24.3 Å². The van der Waals surface area contributed by atoms with Gasteiger partial charge in [-0.1, -0.05) is 96.5 Å². The third-order valence-electron chi connectivity index (χ3n) is 4.34. The zero-order valence-corrected chi connectivity index (χ0v) is 14.2. The summed E-state index contributed by atoms with van der Waals surface area (Å²) >= 11 is 6.29. The first-order valence-corrected chi connectivity index (χ1v) is 8.50. The molecular weight excluding hydrogens is 328 g/mol. The molecule has 3 aromatic carbocycles. The summed E-state index contributed by atoms with van der Waals surface area (Å²) in [6.07, 6.45) is 1.79. The van der Waals surface area contributed by atoms with Gasteiger partial charge in [-0.2, -0.15) is 0 Å². The van der Waals surface area contributed by atoms with Crippen LogP contribution >= 0.6 is 11.6 Å². The van der Waals surface area contributed by atoms with E-state index in [1.807, 2.05) is 60.7 Å². The van der Waals surface area contributed by atoms with Gasteiger partial charge in [0, 0.05) is 5.56 Å². The van der Waals surface area contributed by atoms with Crippen LogP contribution in [-0.2, 0) is 0 Å². The fourth-order valence-corrected chi connectivity index (χ4v) is 3.42. The largest absolute Gasteiger partial charge is 0.288 e. The highest BCUT2D eigenvalue weighted by atomic mass is 35.5. The van der Waals surface area contributed by atoms with Crippen molar-refractivity contribution in [2.24, 2.45) is 0 Å². The fourth-order valence-electron chi connectivity index (χ4n) is 3.21. The molecule has 1 aliphatic carbocycles. The zero-order valence-electron chi connectivity index (χ0n) is 13.4. The monoisotopic (exact) mass is 342 g/mol. The molecule has 0 atom stereocenters. The van der Waals surface area contributed by atoms with Gasteiger partial charge in [-0.3, -0.25) is 4.79 Å². The van der Waals surface area contributed by atoms with Crippen molar-refractivity contribution < 1.29 is 4.79 Å². The molecule has 0 N–H and O–H groups in total. The average molecular weight is 343 g/mol. The molecule has 0 saturated carbocycles. The molecule has 120 valence electrons. The minimum absolute atomic E-state index is 0.124. The van der Waals surface area contributed by atoms with Gasteiger partial charge in [-0.15, -0.1) is 0 Å². The van der Waals surface area contributed by atoms with Crippen LogP contribution in [0, 0.1) is 0 Å². The van der Waals surface area contributed by atoms with Gasteiger partial charge in [0.1, 0.15) is 0 Å². The number of ketones is 1. The molecule has 0 unspecified atom stereocenters. The van der Waals surface area contributed by atoms with E-state index in [4.69, 9.17) is 11.6 Å². The SMILES string of the molecule is O=C1C(Cl)=CC(=C(c2ccccc2)c2ccccc2)c2ccccc21. The van der Waals surface area contributed by atoms with Crippen LogP contribution < -0.4 is 0 Å². The molecule has 25 heavy (non-hydrogen) atoms. The maximum Gasteiger partial charge on any atom is 0.205 e. The van der Waals surface area contributed by atoms with E-state index < -0.39 is 0 Å². The molecule has 0 heterocycles. The number of allylic oxidation sites excluding steroid dienone is 3. The first kappa shape index (κ1) is 15.6. The average Bonchev–Trinajstić information content (AvgIpc) is 2.68. The first-order chi connectivity index (χ1) is 12.3. The lowest BCUT2D eigenvalue weighted by molar-refractivity contribution is 0.104. The maximum atomic E-state index is 12.4. The van der Waals surface area contributed by atoms with Crippen LogP contribution in [0.3, 0.4) is 0 Å². The Balaban J connectivity index is 2.09. The molecule has 1 nitrogen and oxygen atoms in total. The quantitative estimate of drug-likeness (QED) is 0.561. The van der Waals surface area contributed by atoms with Crippen LogP contribution in [-0.4, -0.2) is 5.78 Å². The summed E-state index contributed by atoms with van der Waals surface area (Å²) in [4.78, 5) is 12.4. The Hall–Kier alpha value is -2.90. The van der Waals surface area contributed by atoms with Crippen molar-refractivity contribution in [3.63, 3.8) is 0 Å². The molecule has 4 rings (SSSR count). The molecular formula is C23H15ClO. The lowest BCUT2D eigenvalue weighted by Crippen LogP contribution is -2.09. The maximum absolute atomic E-state index is 12.4. The van der Waals surface area contributed by atoms with Gasteiger partial charge >= 0.3 is 0 Å². The highest BCUT2D eigenvalue weighted by Crippen LogP contribution is 2.39. The topological polar surface area (TPSA) is 17.1 Å². The number of carbonyl (C=O) groups excluding carboxylic acids is 1. The number of hydrogen-bond donors (Lipinski definition) is 0. The lowest BCUT2D eigenvalue weighted by Gasteiger charge is -2.20. The zero-order chi connectivity index (χ0) is 17.2. The summed E-state index contributed by atoms with van der Waals surface area (Å²) in [6, 6.07) is 28.0. The third kappa shape index (κ3) is 2.84. The second kappa shape index (κ2) is 6.54. The normalized spacial score (nSPS) is 13.2. The van der Waals surface area contributed by atoms with E-state index in [0.29, 0.717) is 5.56 Å². The van der Waals surface area contributed by atoms with Crippen molar-refractivity contribution >= 4 is 28.5 Å². The van der Waals surface area contributed by atoms with E-state index in [9.17, 15) is 4.79 Å². The number of hydrogen-bond acceptors (Lipinski definition) is 1. The third-order valence-corrected chi connectivity index (χ3v) is 4.62. The molecule has 0 aromatic heterocycles. The molecule has 0 fully saturated rings. The Morgan fingerprint density at radius 1 is 0.640 bits per heavy atom. The van der Waals surface area contributed by atoms with Gasteiger partial charge < -0.3 is 0 Å². The molecule has 3 aromatic rings. The van der Waals surface area contributed by atoms with Crippen molar-refractivity contribution in [1.29, 1.82) is 0 Å². The van der Waals surface area contributed by atoms with Gasteiger partial charge in [0.2, 0.25) is 5.78 Å². The number of halogens is 1. The molecule has 0 aliphatic heterocycles. The van der Waals surface area contributed by atoms with E-state index in [0.717, 1.165) is 27.8 Å². The van der Waals surface area contributed by atoms with Gasteiger partial charge in [-0.05, 0) is 33.9 Å². The molecule has 0 saturated heterocycles. The van der Waals surface area contributed by atoms with Crippen LogP contribution in [0.4, 0.5) is 0 Å². The minimum atomic E-state index is -0.124. The van der Waals surface area contributed by atoms with Crippen LogP contribution in [0.1, 0.15) is 27.0 Å². The van der Waals surface area contributed by atoms with Crippen molar-refractivity contribution in [2.45, 2.75) is 0 Å². The summed E-state index contributed by atoms with van der Waals surface area (Å²) in [5, 5.41) is 0.248. The van der Waals surface area contributed by atoms with Crippen molar-refractivity contribution in [3.8, 4) is 0 Å². The molecule has 0 amide bonds. The van der Waals surface area contributed by atoms with Crippen molar-refractivity contribution in [2.75, 3.05) is 0 Å². The summed E-state index contributed by atoms with van der Waals surface area (Å²) < 4.78 is 0. The van der Waals surface area contributed by atoms with Gasteiger partial charge in [-0.25, -0.2) is 0 Å². The first-order valence-electron chi connectivity index (χ1n) is 8.12. The highest BCUT2D eigenvalue weighted by molar-refractivity contribution is 6.47. The van der Waals surface area contributed by atoms with Crippen LogP contribution in [0.25, 0.3) is 11.1 Å². The van der Waals surface area contributed by atoms with E-state index in [1.54, 1.807) is 6.08 Å². The lowest BCUT2D eigenvalue weighted by atomic mass is 9.84. The molecule has 1 aliphatic rings. The number of Topliss-reactive ketones (excluding diaryl/α,β-unsaturated/α-hetero) is 1. The number of fused-ring (bicyclic) bond motifs is 1. The Kier molecular flexibility index (Phi) is 4.09. The van der Waals surface area contributed by atoms with Gasteiger partial charge in [0.15, 0.2) is 0 Å². The second-order valence-electron chi connectivity index (χ2n) is 5.89. The Bertz CT molecular complexity index is 957. The Morgan fingerprint density at radius 3 is 1.68 bits per heavy atom. The summed E-state index contributed by atoms with van der Waals surface area (Å²) in [5.74, 6) is -0.124. The van der Waals surface area contributed by atoms with Crippen molar-refractivity contribution in [3.05, 3.63) is 118 Å². The minimum Gasteiger partial charge on any atom is -0.288 e. The molecule has 0 radical (unpaired) electrons. The molecule has 0 bridgehead atoms. The van der Waals surface area contributed by atoms with Crippen molar-refractivity contribution in [1.82, 2.24) is 0 Å². The van der Waals surface area contributed by atoms with E-state index in [1.165, 1.54) is 0 Å². The predicted octanol–water partition coefficient (Wildman–Crippen LogP) is 5.96. The summed E-state index contributed by atoms with van der Waals surface area (Å²) in [6.45, 7) is 0. The van der Waals surface area contributed by atoms with Crippen LogP contribution in [0.2, 0.25) is 0 Å². The smallest absolute Gasteiger partial charge is 0.205 e. The Morgan fingerprint density at radius 2 is 1.12 bits per heavy atom. The molecule has 2 heteroatoms. The highest BCUT2D eigenvalue weighted by Gasteiger charge is 2.24. The Labute approximate surface area is 151 Å². The molecule has 0 spiro atoms. The summed E-state index contributed by atoms with van der Waals surface area (Å²) in [5.41, 5.74) is 5.79. The van der Waals surface area contributed by atoms with Crippen LogP contribution in [0.15, 0.2) is 96.0 Å². The van der Waals surface area contributed by atoms with E-state index in [-0.39, 0.29) is 10.8 Å². The second-order valence-corrected chi connectivity index (χ2v) is 6.29. The predicted molar refractivity (Wildman–Crippen MR) is 104 cm³/mol. The number of carbonyl (C=O) groups is 1.